The normalized spacial score (nSPS) is 11.3. The lowest BCUT2D eigenvalue weighted by atomic mass is 10.1. The van der Waals surface area contributed by atoms with Gasteiger partial charge in [-0.05, 0) is 12.1 Å². The van der Waals surface area contributed by atoms with E-state index in [4.69, 9.17) is 0 Å². The molecule has 0 aliphatic rings. The molecular weight excluding hydrogens is 341 g/mol. The number of thiazole rings is 1. The Labute approximate surface area is 138 Å². The monoisotopic (exact) mass is 350 g/mol. The van der Waals surface area contributed by atoms with Crippen molar-refractivity contribution in [2.24, 2.45) is 0 Å². The average Bonchev–Trinajstić information content (AvgIpc) is 3.03. The zero-order valence-electron chi connectivity index (χ0n) is 11.9. The summed E-state index contributed by atoms with van der Waals surface area (Å²) in [6.07, 6.45) is -0.303. The molecule has 1 aromatic carbocycles. The van der Waals surface area contributed by atoms with Crippen molar-refractivity contribution in [1.82, 2.24) is 15.0 Å². The summed E-state index contributed by atoms with van der Waals surface area (Å²) in [5.41, 5.74) is 0.0353. The molecule has 0 fully saturated rings. The van der Waals surface area contributed by atoms with Crippen LogP contribution in [0.25, 0.3) is 11.3 Å². The smallest absolute Gasteiger partial charge is 0.296 e. The molecular formula is C15H9F3N4OS. The summed E-state index contributed by atoms with van der Waals surface area (Å²) in [6.45, 7) is 0. The molecule has 122 valence electrons. The van der Waals surface area contributed by atoms with Crippen molar-refractivity contribution < 1.29 is 18.0 Å². The van der Waals surface area contributed by atoms with Gasteiger partial charge in [-0.1, -0.05) is 12.1 Å². The molecule has 0 atom stereocenters. The Balaban J connectivity index is 1.80. The van der Waals surface area contributed by atoms with Gasteiger partial charge in [-0.2, -0.15) is 13.2 Å². The van der Waals surface area contributed by atoms with Crippen molar-refractivity contribution in [3.8, 4) is 11.3 Å². The van der Waals surface area contributed by atoms with Gasteiger partial charge in [-0.15, -0.1) is 11.3 Å². The minimum atomic E-state index is -4.42. The van der Waals surface area contributed by atoms with E-state index >= 15 is 0 Å². The molecule has 1 N–H and O–H groups in total. The summed E-state index contributed by atoms with van der Waals surface area (Å²) >= 11 is 1.11. The Hall–Kier alpha value is -2.81. The molecule has 9 heteroatoms. The van der Waals surface area contributed by atoms with Crippen molar-refractivity contribution >= 4 is 22.4 Å². The minimum absolute atomic E-state index is 0.119. The van der Waals surface area contributed by atoms with Crippen molar-refractivity contribution in [1.29, 1.82) is 0 Å². The van der Waals surface area contributed by atoms with Gasteiger partial charge in [0.05, 0.1) is 17.5 Å². The molecule has 0 spiro atoms. The van der Waals surface area contributed by atoms with Gasteiger partial charge in [-0.25, -0.2) is 9.97 Å². The third kappa shape index (κ3) is 3.57. The van der Waals surface area contributed by atoms with Crippen molar-refractivity contribution in [2.75, 3.05) is 5.32 Å². The van der Waals surface area contributed by atoms with E-state index in [9.17, 15) is 18.0 Å². The summed E-state index contributed by atoms with van der Waals surface area (Å²) in [5.74, 6) is -0.493. The maximum absolute atomic E-state index is 12.8. The molecule has 0 unspecified atom stereocenters. The molecule has 0 aliphatic heterocycles. The highest BCUT2D eigenvalue weighted by Gasteiger charge is 2.30. The van der Waals surface area contributed by atoms with E-state index in [0.717, 1.165) is 23.5 Å². The standard InChI is InChI=1S/C15H9F3N4OS/c16-15(17,18)10-3-1-2-9(6-10)12-8-24-14(21-12)22-13(23)11-7-19-4-5-20-11/h1-8H,(H,21,22,23). The lowest BCUT2D eigenvalue weighted by Gasteiger charge is -2.07. The molecule has 3 aromatic rings. The Bertz CT molecular complexity index is 864. The van der Waals surface area contributed by atoms with Gasteiger partial charge in [0.1, 0.15) is 5.69 Å². The molecule has 0 bridgehead atoms. The predicted octanol–water partition coefficient (Wildman–Crippen LogP) is 3.87. The van der Waals surface area contributed by atoms with Gasteiger partial charge >= 0.3 is 6.18 Å². The summed E-state index contributed by atoms with van der Waals surface area (Å²) < 4.78 is 38.3. The van der Waals surface area contributed by atoms with Crippen LogP contribution >= 0.6 is 11.3 Å². The van der Waals surface area contributed by atoms with Crippen LogP contribution in [0.15, 0.2) is 48.2 Å². The molecule has 2 aromatic heterocycles. The van der Waals surface area contributed by atoms with Crippen molar-refractivity contribution in [3.05, 3.63) is 59.5 Å². The van der Waals surface area contributed by atoms with Crippen LogP contribution in [-0.4, -0.2) is 20.9 Å². The van der Waals surface area contributed by atoms with Crippen LogP contribution < -0.4 is 5.32 Å². The van der Waals surface area contributed by atoms with E-state index in [-0.39, 0.29) is 10.8 Å². The molecule has 1 amide bonds. The van der Waals surface area contributed by atoms with Crippen LogP contribution in [0.1, 0.15) is 16.1 Å². The summed E-state index contributed by atoms with van der Waals surface area (Å²) in [7, 11) is 0. The van der Waals surface area contributed by atoms with Crippen LogP contribution in [0.2, 0.25) is 0 Å². The number of hydrogen-bond donors (Lipinski definition) is 1. The molecule has 0 saturated heterocycles. The largest absolute Gasteiger partial charge is 0.416 e. The number of benzene rings is 1. The van der Waals surface area contributed by atoms with Gasteiger partial charge in [0, 0.05) is 23.3 Å². The number of nitrogens with one attached hydrogen (secondary N) is 1. The fourth-order valence-electron chi connectivity index (χ4n) is 1.90. The molecule has 0 aliphatic carbocycles. The second-order valence-electron chi connectivity index (χ2n) is 4.66. The van der Waals surface area contributed by atoms with Crippen LogP contribution in [0.5, 0.6) is 0 Å². The van der Waals surface area contributed by atoms with Crippen LogP contribution in [0, 0.1) is 0 Å². The summed E-state index contributed by atoms with van der Waals surface area (Å²) in [4.78, 5) is 23.7. The van der Waals surface area contributed by atoms with Crippen LogP contribution in [-0.2, 0) is 6.18 Å². The Morgan fingerprint density at radius 2 is 2.04 bits per heavy atom. The number of amides is 1. The molecule has 3 rings (SSSR count). The van der Waals surface area contributed by atoms with Crippen LogP contribution in [0.4, 0.5) is 18.3 Å². The highest BCUT2D eigenvalue weighted by Crippen LogP contribution is 2.33. The first-order valence-corrected chi connectivity index (χ1v) is 7.52. The Kier molecular flexibility index (Phi) is 4.26. The van der Waals surface area contributed by atoms with Gasteiger partial charge < -0.3 is 0 Å². The molecule has 24 heavy (non-hydrogen) atoms. The SMILES string of the molecule is O=C(Nc1nc(-c2cccc(C(F)(F)F)c2)cs1)c1cnccn1. The second-order valence-corrected chi connectivity index (χ2v) is 5.52. The fourth-order valence-corrected chi connectivity index (χ4v) is 2.61. The molecule has 0 radical (unpaired) electrons. The Morgan fingerprint density at radius 1 is 1.21 bits per heavy atom. The first-order chi connectivity index (χ1) is 11.4. The predicted molar refractivity (Wildman–Crippen MR) is 82.5 cm³/mol. The highest BCUT2D eigenvalue weighted by atomic mass is 32.1. The van der Waals surface area contributed by atoms with E-state index in [1.165, 1.54) is 30.7 Å². The molecule has 0 saturated carbocycles. The van der Waals surface area contributed by atoms with E-state index in [2.05, 4.69) is 20.3 Å². The highest BCUT2D eigenvalue weighted by molar-refractivity contribution is 7.14. The second kappa shape index (κ2) is 6.36. The first kappa shape index (κ1) is 16.1. The van der Waals surface area contributed by atoms with Crippen molar-refractivity contribution in [3.63, 3.8) is 0 Å². The molecule has 2 heterocycles. The van der Waals surface area contributed by atoms with E-state index in [0.29, 0.717) is 11.3 Å². The van der Waals surface area contributed by atoms with Crippen molar-refractivity contribution in [2.45, 2.75) is 6.18 Å². The minimum Gasteiger partial charge on any atom is -0.296 e. The number of aromatic nitrogens is 3. The fraction of sp³-hybridized carbons (Fsp3) is 0.0667. The number of carbonyl (C=O) groups excluding carboxylic acids is 1. The number of carbonyl (C=O) groups is 1. The maximum atomic E-state index is 12.8. The number of anilines is 1. The van der Waals surface area contributed by atoms with E-state index < -0.39 is 17.6 Å². The third-order valence-corrected chi connectivity index (χ3v) is 3.76. The Morgan fingerprint density at radius 3 is 2.75 bits per heavy atom. The number of halogens is 3. The number of alkyl halides is 3. The lowest BCUT2D eigenvalue weighted by Crippen LogP contribution is -2.13. The first-order valence-electron chi connectivity index (χ1n) is 6.64. The van der Waals surface area contributed by atoms with Gasteiger partial charge in [-0.3, -0.25) is 15.1 Å². The maximum Gasteiger partial charge on any atom is 0.416 e. The summed E-state index contributed by atoms with van der Waals surface area (Å²) in [6, 6.07) is 4.85. The van der Waals surface area contributed by atoms with E-state index in [1.54, 1.807) is 5.38 Å². The lowest BCUT2D eigenvalue weighted by molar-refractivity contribution is -0.137. The van der Waals surface area contributed by atoms with Crippen LogP contribution in [0.3, 0.4) is 0 Å². The van der Waals surface area contributed by atoms with Gasteiger partial charge in [0.2, 0.25) is 0 Å². The number of hydrogen-bond acceptors (Lipinski definition) is 5. The number of nitrogens with zero attached hydrogens (tertiary/aromatic N) is 3. The van der Waals surface area contributed by atoms with Gasteiger partial charge in [0.25, 0.3) is 5.91 Å². The van der Waals surface area contributed by atoms with Gasteiger partial charge in [0.15, 0.2) is 5.13 Å². The average molecular weight is 350 g/mol. The zero-order chi connectivity index (χ0) is 17.2. The topological polar surface area (TPSA) is 67.8 Å². The number of rotatable bonds is 3. The van der Waals surface area contributed by atoms with E-state index in [1.807, 2.05) is 0 Å². The summed E-state index contributed by atoms with van der Waals surface area (Å²) in [5, 5.41) is 4.37. The third-order valence-electron chi connectivity index (χ3n) is 3.01. The zero-order valence-corrected chi connectivity index (χ0v) is 12.7. The quantitative estimate of drug-likeness (QED) is 0.779. The molecule has 5 nitrogen and oxygen atoms in total.